The molecule has 14 heteroatoms. The molecule has 1 amide bonds. The van der Waals surface area contributed by atoms with E-state index in [1.54, 1.807) is 49.5 Å². The highest BCUT2D eigenvalue weighted by atomic mass is 19.1. The van der Waals surface area contributed by atoms with Crippen LogP contribution in [0.3, 0.4) is 0 Å². The van der Waals surface area contributed by atoms with Gasteiger partial charge in [0.1, 0.15) is 36.6 Å². The summed E-state index contributed by atoms with van der Waals surface area (Å²) in [5, 5.41) is 35.9. The molecule has 6 rings (SSSR count). The number of nitro benzene ring substituents is 1. The van der Waals surface area contributed by atoms with Crippen molar-refractivity contribution in [3.63, 3.8) is 0 Å². The summed E-state index contributed by atoms with van der Waals surface area (Å²) in [6.07, 6.45) is 7.72. The lowest BCUT2D eigenvalue weighted by molar-refractivity contribution is -0.384. The van der Waals surface area contributed by atoms with E-state index in [0.29, 0.717) is 41.2 Å². The number of carbonyl (C=O) groups excluding carboxylic acids is 1. The van der Waals surface area contributed by atoms with E-state index in [0.717, 1.165) is 36.8 Å². The van der Waals surface area contributed by atoms with Crippen molar-refractivity contribution in [3.05, 3.63) is 124 Å². The molecule has 13 nitrogen and oxygen atoms in total. The van der Waals surface area contributed by atoms with Crippen LogP contribution in [-0.4, -0.2) is 77.1 Å². The molecular weight excluding hydrogens is 798 g/mol. The second kappa shape index (κ2) is 20.7. The second-order valence-corrected chi connectivity index (χ2v) is 17.6. The van der Waals surface area contributed by atoms with Crippen LogP contribution in [0.15, 0.2) is 96.2 Å². The standard InChI is InChI=1S/C48H60FN3O10/c1-6-25-60-48-43(51(5)46(55)59-31-47(2,3)4)28-41(50-61-29-32-17-19-35(20-18-32)52(56)57)38-26-33(13-9-11-23-53)37(15-10-12-24-54)44(45(38)48)39-27-36(21-22-42(39)62-48)58-30-34-14-7-8-16-40(34)49/h6-8,14,16-22,26-27,33,37,43-45,53-54H,1,9-13,15,23-25,28-31H2,2-5H3. The minimum atomic E-state index is -1.48. The van der Waals surface area contributed by atoms with Crippen molar-refractivity contribution >= 4 is 17.5 Å². The molecule has 1 saturated carbocycles. The van der Waals surface area contributed by atoms with E-state index in [4.69, 9.17) is 28.9 Å². The molecule has 0 aromatic heterocycles. The number of oxime groups is 1. The number of benzene rings is 3. The monoisotopic (exact) mass is 857 g/mol. The van der Waals surface area contributed by atoms with Crippen LogP contribution in [0, 0.1) is 39.1 Å². The van der Waals surface area contributed by atoms with Gasteiger partial charge in [-0.15, -0.1) is 6.58 Å². The highest BCUT2D eigenvalue weighted by Crippen LogP contribution is 2.62. The molecule has 3 aliphatic rings. The molecule has 2 aliphatic carbocycles. The Bertz CT molecular complexity index is 2090. The van der Waals surface area contributed by atoms with Crippen molar-refractivity contribution in [1.29, 1.82) is 0 Å². The number of likely N-dealkylation sites (N-methyl/N-ethyl adjacent to an activating group) is 1. The van der Waals surface area contributed by atoms with Crippen molar-refractivity contribution < 1.29 is 48.1 Å². The Morgan fingerprint density at radius 1 is 1.05 bits per heavy atom. The molecule has 6 unspecified atom stereocenters. The Labute approximate surface area is 363 Å². The number of nitro groups is 1. The minimum absolute atomic E-state index is 0.00607. The summed E-state index contributed by atoms with van der Waals surface area (Å²) in [5.41, 5.74) is 3.03. The first-order valence-electron chi connectivity index (χ1n) is 21.5. The molecule has 0 saturated heterocycles. The van der Waals surface area contributed by atoms with Crippen LogP contribution in [0.4, 0.5) is 14.9 Å². The van der Waals surface area contributed by atoms with Crippen molar-refractivity contribution in [1.82, 2.24) is 4.90 Å². The molecule has 1 heterocycles. The lowest BCUT2D eigenvalue weighted by atomic mass is 9.55. The van der Waals surface area contributed by atoms with E-state index in [1.807, 2.05) is 32.9 Å². The number of halogens is 1. The van der Waals surface area contributed by atoms with Gasteiger partial charge in [0.15, 0.2) is 0 Å². The largest absolute Gasteiger partial charge is 0.489 e. The van der Waals surface area contributed by atoms with Crippen molar-refractivity contribution in [3.8, 4) is 11.5 Å². The van der Waals surface area contributed by atoms with Gasteiger partial charge in [-0.25, -0.2) is 9.18 Å². The molecule has 6 atom stereocenters. The van der Waals surface area contributed by atoms with Gasteiger partial charge < -0.3 is 38.9 Å². The maximum atomic E-state index is 14.7. The van der Waals surface area contributed by atoms with Gasteiger partial charge in [-0.1, -0.05) is 69.1 Å². The van der Waals surface area contributed by atoms with Gasteiger partial charge in [0.2, 0.25) is 5.79 Å². The van der Waals surface area contributed by atoms with E-state index < -0.39 is 28.8 Å². The molecule has 3 aromatic rings. The van der Waals surface area contributed by atoms with E-state index >= 15 is 0 Å². The predicted octanol–water partition coefficient (Wildman–Crippen LogP) is 9.26. The van der Waals surface area contributed by atoms with E-state index in [-0.39, 0.29) is 80.7 Å². The number of ether oxygens (including phenoxy) is 4. The minimum Gasteiger partial charge on any atom is -0.489 e. The molecule has 2 N–H and O–H groups in total. The number of allylic oxidation sites excluding steroid dienone is 1. The van der Waals surface area contributed by atoms with Gasteiger partial charge in [-0.3, -0.25) is 10.1 Å². The zero-order valence-corrected chi connectivity index (χ0v) is 36.2. The number of nitrogens with zero attached hydrogens (tertiary/aromatic N) is 3. The number of rotatable bonds is 20. The first kappa shape index (κ1) is 46.2. The third-order valence-corrected chi connectivity index (χ3v) is 11.9. The third kappa shape index (κ3) is 10.6. The van der Waals surface area contributed by atoms with Crippen LogP contribution in [0.5, 0.6) is 11.5 Å². The Morgan fingerprint density at radius 3 is 2.45 bits per heavy atom. The Balaban J connectivity index is 1.52. The SMILES string of the molecule is C=CCOC12Oc3ccc(OCc4ccccc4F)cc3C3C(CCCCO)C(CCCCO)C=C(C(=NOCc4ccc([N+](=O)[O-])cc4)CC1N(C)C(=O)OCC(C)(C)C)C32. The van der Waals surface area contributed by atoms with Gasteiger partial charge in [0, 0.05) is 55.9 Å². The average Bonchev–Trinajstić information content (AvgIpc) is 3.25. The average molecular weight is 858 g/mol. The van der Waals surface area contributed by atoms with Crippen molar-refractivity contribution in [2.45, 2.75) is 96.7 Å². The highest BCUT2D eigenvalue weighted by molar-refractivity contribution is 6.03. The fraction of sp³-hybridized carbons (Fsp3) is 0.500. The van der Waals surface area contributed by atoms with Crippen molar-refractivity contribution in [2.24, 2.45) is 28.3 Å². The summed E-state index contributed by atoms with van der Waals surface area (Å²) in [5.74, 6) is -1.68. The van der Waals surface area contributed by atoms with Crippen LogP contribution < -0.4 is 9.47 Å². The highest BCUT2D eigenvalue weighted by Gasteiger charge is 2.65. The zero-order valence-electron chi connectivity index (χ0n) is 36.2. The van der Waals surface area contributed by atoms with Crippen LogP contribution in [0.2, 0.25) is 0 Å². The third-order valence-electron chi connectivity index (χ3n) is 11.9. The normalized spacial score (nSPS) is 23.3. The van der Waals surface area contributed by atoms with Crippen LogP contribution >= 0.6 is 0 Å². The zero-order chi connectivity index (χ0) is 44.4. The molecular formula is C48H60FN3O10. The topological polar surface area (TPSA) is 162 Å². The fourth-order valence-corrected chi connectivity index (χ4v) is 9.00. The number of aliphatic hydroxyl groups is 2. The first-order chi connectivity index (χ1) is 29.8. The molecule has 62 heavy (non-hydrogen) atoms. The number of hydrogen-bond acceptors (Lipinski definition) is 11. The summed E-state index contributed by atoms with van der Waals surface area (Å²) in [6, 6.07) is 17.4. The summed E-state index contributed by atoms with van der Waals surface area (Å²) in [6.45, 7) is 10.3. The van der Waals surface area contributed by atoms with Gasteiger partial charge in [-0.2, -0.15) is 0 Å². The Kier molecular flexibility index (Phi) is 15.4. The van der Waals surface area contributed by atoms with Gasteiger partial charge >= 0.3 is 6.09 Å². The Morgan fingerprint density at radius 2 is 1.77 bits per heavy atom. The van der Waals surface area contributed by atoms with Crippen LogP contribution in [-0.2, 0) is 27.5 Å². The summed E-state index contributed by atoms with van der Waals surface area (Å²) < 4.78 is 41.0. The lowest BCUT2D eigenvalue weighted by Gasteiger charge is -2.59. The molecule has 0 radical (unpaired) electrons. The lowest BCUT2D eigenvalue weighted by Crippen LogP contribution is -2.69. The second-order valence-electron chi connectivity index (χ2n) is 17.6. The number of amides is 1. The van der Waals surface area contributed by atoms with Crippen molar-refractivity contribution in [2.75, 3.05) is 33.5 Å². The smallest absolute Gasteiger partial charge is 0.410 e. The molecule has 1 fully saturated rings. The maximum Gasteiger partial charge on any atom is 0.410 e. The molecule has 0 spiro atoms. The number of unbranched alkanes of at least 4 members (excludes halogenated alkanes) is 2. The van der Waals surface area contributed by atoms with E-state index in [9.17, 15) is 29.5 Å². The number of fused-ring (bicyclic) bond motifs is 2. The van der Waals surface area contributed by atoms with Gasteiger partial charge in [0.25, 0.3) is 5.69 Å². The van der Waals surface area contributed by atoms with Gasteiger partial charge in [0.05, 0.1) is 29.8 Å². The fourth-order valence-electron chi connectivity index (χ4n) is 9.00. The summed E-state index contributed by atoms with van der Waals surface area (Å²) >= 11 is 0. The quantitative estimate of drug-likeness (QED) is 0.0485. The molecule has 0 bridgehead atoms. The van der Waals surface area contributed by atoms with Crippen LogP contribution in [0.25, 0.3) is 0 Å². The maximum absolute atomic E-state index is 14.7. The van der Waals surface area contributed by atoms with Crippen LogP contribution in [0.1, 0.15) is 88.3 Å². The Hall–Kier alpha value is -5.31. The molecule has 1 aliphatic heterocycles. The molecule has 3 aromatic carbocycles. The number of non-ortho nitro benzene ring substituents is 1. The van der Waals surface area contributed by atoms with E-state index in [2.05, 4.69) is 12.7 Å². The predicted molar refractivity (Wildman–Crippen MR) is 232 cm³/mol. The summed E-state index contributed by atoms with van der Waals surface area (Å²) in [4.78, 5) is 32.5. The van der Waals surface area contributed by atoms with Gasteiger partial charge in [-0.05, 0) is 90.5 Å². The van der Waals surface area contributed by atoms with E-state index in [1.165, 1.54) is 23.1 Å². The number of carbonyl (C=O) groups is 1. The first-order valence-corrected chi connectivity index (χ1v) is 21.5. The molecule has 334 valence electrons. The summed E-state index contributed by atoms with van der Waals surface area (Å²) in [7, 11) is 1.67. The number of hydrogen-bond donors (Lipinski definition) is 2. The number of aliphatic hydroxyl groups excluding tert-OH is 2.